The minimum atomic E-state index is -0.00545. The van der Waals surface area contributed by atoms with Crippen molar-refractivity contribution in [1.29, 1.82) is 0 Å². The number of likely N-dealkylation sites (tertiary alicyclic amines) is 1. The maximum Gasteiger partial charge on any atom is 0.289 e. The van der Waals surface area contributed by atoms with E-state index in [4.69, 9.17) is 9.15 Å². The third-order valence-corrected chi connectivity index (χ3v) is 5.42. The van der Waals surface area contributed by atoms with Gasteiger partial charge in [0.25, 0.3) is 5.91 Å². The molecule has 1 aromatic heterocycles. The summed E-state index contributed by atoms with van der Waals surface area (Å²) in [7, 11) is 1.67. The highest BCUT2D eigenvalue weighted by molar-refractivity contribution is 5.99. The number of aryl methyl sites for hydroxylation is 2. The maximum absolute atomic E-state index is 13.0. The molecule has 134 valence electrons. The van der Waals surface area contributed by atoms with E-state index in [0.29, 0.717) is 11.7 Å². The first-order valence-corrected chi connectivity index (χ1v) is 9.00. The van der Waals surface area contributed by atoms with Gasteiger partial charge in [-0.15, -0.1) is 0 Å². The third kappa shape index (κ3) is 2.75. The fourth-order valence-electron chi connectivity index (χ4n) is 3.82. The van der Waals surface area contributed by atoms with Crippen LogP contribution in [-0.2, 0) is 0 Å². The number of hydrogen-bond donors (Lipinski definition) is 0. The van der Waals surface area contributed by atoms with Gasteiger partial charge in [0, 0.05) is 30.0 Å². The van der Waals surface area contributed by atoms with Crippen molar-refractivity contribution in [2.24, 2.45) is 0 Å². The lowest BCUT2D eigenvalue weighted by Crippen LogP contribution is -2.28. The molecule has 26 heavy (non-hydrogen) atoms. The number of rotatable bonds is 3. The average Bonchev–Trinajstić information content (AvgIpc) is 3.28. The zero-order chi connectivity index (χ0) is 18.3. The summed E-state index contributed by atoms with van der Waals surface area (Å²) in [5.74, 6) is 1.68. The summed E-state index contributed by atoms with van der Waals surface area (Å²) in [6.45, 7) is 5.45. The van der Waals surface area contributed by atoms with Crippen molar-refractivity contribution in [3.63, 3.8) is 0 Å². The molecule has 4 rings (SSSR count). The van der Waals surface area contributed by atoms with Crippen LogP contribution in [0, 0.1) is 13.8 Å². The molecule has 0 spiro atoms. The number of benzene rings is 2. The van der Waals surface area contributed by atoms with E-state index in [0.717, 1.165) is 47.4 Å². The minimum Gasteiger partial charge on any atom is -0.497 e. The normalized spacial score (nSPS) is 17.0. The van der Waals surface area contributed by atoms with Gasteiger partial charge in [-0.3, -0.25) is 4.79 Å². The third-order valence-electron chi connectivity index (χ3n) is 5.42. The van der Waals surface area contributed by atoms with Crippen molar-refractivity contribution < 1.29 is 13.9 Å². The van der Waals surface area contributed by atoms with E-state index < -0.39 is 0 Å². The minimum absolute atomic E-state index is 0.00545. The van der Waals surface area contributed by atoms with Crippen LogP contribution in [0.1, 0.15) is 39.6 Å². The van der Waals surface area contributed by atoms with Crippen LogP contribution in [0.25, 0.3) is 11.0 Å². The first-order chi connectivity index (χ1) is 12.6. The molecule has 3 aromatic rings. The lowest BCUT2D eigenvalue weighted by molar-refractivity contribution is 0.0760. The van der Waals surface area contributed by atoms with Crippen molar-refractivity contribution >= 4 is 16.9 Å². The monoisotopic (exact) mass is 349 g/mol. The number of methoxy groups -OCH3 is 1. The Kier molecular flexibility index (Phi) is 4.19. The van der Waals surface area contributed by atoms with E-state index in [1.807, 2.05) is 49.1 Å². The molecule has 0 aliphatic carbocycles. The highest BCUT2D eigenvalue weighted by Gasteiger charge is 2.31. The van der Waals surface area contributed by atoms with Crippen LogP contribution in [0.3, 0.4) is 0 Å². The average molecular weight is 349 g/mol. The lowest BCUT2D eigenvalue weighted by atomic mass is 9.98. The Morgan fingerprint density at radius 2 is 1.92 bits per heavy atom. The molecule has 1 amide bonds. The van der Waals surface area contributed by atoms with Gasteiger partial charge in [-0.05, 0) is 43.5 Å². The summed E-state index contributed by atoms with van der Waals surface area (Å²) in [5, 5.41) is 1.03. The van der Waals surface area contributed by atoms with Crippen LogP contribution in [0.4, 0.5) is 0 Å². The number of fused-ring (bicyclic) bond motifs is 1. The van der Waals surface area contributed by atoms with Crippen LogP contribution in [0.2, 0.25) is 0 Å². The molecule has 1 fully saturated rings. The molecule has 2 heterocycles. The second-order valence-corrected chi connectivity index (χ2v) is 7.02. The smallest absolute Gasteiger partial charge is 0.289 e. The van der Waals surface area contributed by atoms with E-state index in [2.05, 4.69) is 12.1 Å². The molecule has 0 bridgehead atoms. The maximum atomic E-state index is 13.0. The Bertz CT molecular complexity index is 955. The molecular weight excluding hydrogens is 326 g/mol. The number of amides is 1. The van der Waals surface area contributed by atoms with Gasteiger partial charge in [0.05, 0.1) is 7.11 Å². The molecule has 1 aliphatic heterocycles. The molecule has 1 saturated heterocycles. The second-order valence-electron chi connectivity index (χ2n) is 7.02. The summed E-state index contributed by atoms with van der Waals surface area (Å²) in [6.07, 6.45) is 0.969. The number of ether oxygens (including phenoxy) is 1. The van der Waals surface area contributed by atoms with Gasteiger partial charge in [-0.2, -0.15) is 0 Å². The van der Waals surface area contributed by atoms with Gasteiger partial charge in [0.2, 0.25) is 0 Å². The molecule has 4 nitrogen and oxygen atoms in total. The summed E-state index contributed by atoms with van der Waals surface area (Å²) in [6, 6.07) is 14.2. The summed E-state index contributed by atoms with van der Waals surface area (Å²) >= 11 is 0. The first kappa shape index (κ1) is 16.7. The van der Waals surface area contributed by atoms with Crippen LogP contribution >= 0.6 is 0 Å². The fourth-order valence-corrected chi connectivity index (χ4v) is 3.82. The summed E-state index contributed by atoms with van der Waals surface area (Å²) in [5.41, 5.74) is 4.06. The van der Waals surface area contributed by atoms with Crippen molar-refractivity contribution in [2.45, 2.75) is 26.2 Å². The van der Waals surface area contributed by atoms with Crippen molar-refractivity contribution in [1.82, 2.24) is 4.90 Å². The fraction of sp³-hybridized carbons (Fsp3) is 0.318. The van der Waals surface area contributed by atoms with Crippen LogP contribution in [-0.4, -0.2) is 31.0 Å². The van der Waals surface area contributed by atoms with E-state index in [-0.39, 0.29) is 5.91 Å². The molecule has 0 N–H and O–H groups in total. The molecule has 2 aromatic carbocycles. The number of carbonyl (C=O) groups is 1. The zero-order valence-corrected chi connectivity index (χ0v) is 15.4. The quantitative estimate of drug-likeness (QED) is 0.689. The van der Waals surface area contributed by atoms with E-state index in [1.54, 1.807) is 7.11 Å². The summed E-state index contributed by atoms with van der Waals surface area (Å²) in [4.78, 5) is 14.9. The molecule has 1 unspecified atom stereocenters. The van der Waals surface area contributed by atoms with Crippen molar-refractivity contribution in [2.75, 3.05) is 20.2 Å². The predicted octanol–water partition coefficient (Wildman–Crippen LogP) is 4.69. The number of hydrogen-bond acceptors (Lipinski definition) is 3. The number of para-hydroxylation sites is 1. The van der Waals surface area contributed by atoms with Gasteiger partial charge in [0.15, 0.2) is 5.76 Å². The van der Waals surface area contributed by atoms with E-state index in [1.165, 1.54) is 5.56 Å². The Hall–Kier alpha value is -2.75. The standard InChI is InChI=1S/C22H23NO3/c1-14-5-4-6-19-15(2)21(26-20(14)19)22(24)23-12-11-17(13-23)16-7-9-18(25-3)10-8-16/h4-10,17H,11-13H2,1-3H3. The Morgan fingerprint density at radius 1 is 1.15 bits per heavy atom. The SMILES string of the molecule is COc1ccc(C2CCN(C(=O)c3oc4c(C)cccc4c3C)C2)cc1. The highest BCUT2D eigenvalue weighted by atomic mass is 16.5. The van der Waals surface area contributed by atoms with Gasteiger partial charge >= 0.3 is 0 Å². The predicted molar refractivity (Wildman–Crippen MR) is 102 cm³/mol. The summed E-state index contributed by atoms with van der Waals surface area (Å²) < 4.78 is 11.2. The Labute approximate surface area is 153 Å². The largest absolute Gasteiger partial charge is 0.497 e. The molecular formula is C22H23NO3. The first-order valence-electron chi connectivity index (χ1n) is 9.00. The van der Waals surface area contributed by atoms with Crippen LogP contribution in [0.15, 0.2) is 46.9 Å². The molecule has 0 saturated carbocycles. The molecule has 1 atom stereocenters. The van der Waals surface area contributed by atoms with E-state index >= 15 is 0 Å². The van der Waals surface area contributed by atoms with Crippen molar-refractivity contribution in [3.8, 4) is 5.75 Å². The number of carbonyl (C=O) groups excluding carboxylic acids is 1. The lowest BCUT2D eigenvalue weighted by Gasteiger charge is -2.16. The van der Waals surface area contributed by atoms with Crippen LogP contribution in [0.5, 0.6) is 5.75 Å². The Balaban J connectivity index is 1.56. The number of furan rings is 1. The topological polar surface area (TPSA) is 42.7 Å². The molecule has 0 radical (unpaired) electrons. The van der Waals surface area contributed by atoms with Gasteiger partial charge in [-0.25, -0.2) is 0 Å². The van der Waals surface area contributed by atoms with Gasteiger partial charge in [0.1, 0.15) is 11.3 Å². The molecule has 4 heteroatoms. The highest BCUT2D eigenvalue weighted by Crippen LogP contribution is 2.32. The zero-order valence-electron chi connectivity index (χ0n) is 15.4. The van der Waals surface area contributed by atoms with Gasteiger partial charge < -0.3 is 14.1 Å². The van der Waals surface area contributed by atoms with Gasteiger partial charge in [-0.1, -0.05) is 30.3 Å². The number of nitrogens with zero attached hydrogens (tertiary/aromatic N) is 1. The van der Waals surface area contributed by atoms with E-state index in [9.17, 15) is 4.79 Å². The second kappa shape index (κ2) is 6.52. The van der Waals surface area contributed by atoms with Crippen LogP contribution < -0.4 is 4.74 Å². The molecule has 1 aliphatic rings. The Morgan fingerprint density at radius 3 is 2.62 bits per heavy atom. The van der Waals surface area contributed by atoms with Crippen molar-refractivity contribution in [3.05, 3.63) is 64.9 Å².